The van der Waals surface area contributed by atoms with Gasteiger partial charge in [0.2, 0.25) is 5.91 Å². The zero-order valence-electron chi connectivity index (χ0n) is 16.4. The number of benzene rings is 1. The quantitative estimate of drug-likeness (QED) is 0.840. The minimum absolute atomic E-state index is 0.331. The largest absolute Gasteiger partial charge is 0.450 e. The summed E-state index contributed by atoms with van der Waals surface area (Å²) in [5.41, 5.74) is 2.70. The van der Waals surface area contributed by atoms with E-state index in [1.807, 2.05) is 36.9 Å². The van der Waals surface area contributed by atoms with Crippen molar-refractivity contribution in [1.29, 1.82) is 0 Å². The van der Waals surface area contributed by atoms with Crippen molar-refractivity contribution >= 4 is 23.7 Å². The molecule has 0 saturated carbocycles. The SMILES string of the molecule is CCOC(=O)N1CCN(C(C)C(=O)NC(=O)Nc2ccc(C)cc2C)CC1. The highest BCUT2D eigenvalue weighted by molar-refractivity contribution is 6.03. The van der Waals surface area contributed by atoms with Crippen molar-refractivity contribution in [2.45, 2.75) is 33.7 Å². The van der Waals surface area contributed by atoms with Crippen molar-refractivity contribution in [3.63, 3.8) is 0 Å². The van der Waals surface area contributed by atoms with Gasteiger partial charge in [0.05, 0.1) is 12.6 Å². The molecule has 1 heterocycles. The highest BCUT2D eigenvalue weighted by atomic mass is 16.6. The Morgan fingerprint density at radius 2 is 1.81 bits per heavy atom. The molecular weight excluding hydrogens is 348 g/mol. The maximum Gasteiger partial charge on any atom is 0.409 e. The van der Waals surface area contributed by atoms with Crippen molar-refractivity contribution < 1.29 is 19.1 Å². The Hall–Kier alpha value is -2.61. The number of hydrogen-bond donors (Lipinski definition) is 2. The number of urea groups is 1. The number of imide groups is 1. The van der Waals surface area contributed by atoms with Crippen LogP contribution < -0.4 is 10.6 Å². The molecule has 1 saturated heterocycles. The monoisotopic (exact) mass is 376 g/mol. The van der Waals surface area contributed by atoms with Gasteiger partial charge < -0.3 is 15.0 Å². The average molecular weight is 376 g/mol. The minimum atomic E-state index is -0.552. The van der Waals surface area contributed by atoms with Crippen LogP contribution in [0.5, 0.6) is 0 Å². The Morgan fingerprint density at radius 3 is 2.41 bits per heavy atom. The second-order valence-electron chi connectivity index (χ2n) is 6.66. The summed E-state index contributed by atoms with van der Waals surface area (Å²) in [5.74, 6) is -0.373. The van der Waals surface area contributed by atoms with Gasteiger partial charge in [-0.1, -0.05) is 17.7 Å². The molecule has 27 heavy (non-hydrogen) atoms. The highest BCUT2D eigenvalue weighted by Gasteiger charge is 2.28. The summed E-state index contributed by atoms with van der Waals surface area (Å²) >= 11 is 0. The van der Waals surface area contributed by atoms with Crippen molar-refractivity contribution in [2.75, 3.05) is 38.1 Å². The van der Waals surface area contributed by atoms with Crippen LogP contribution in [0.2, 0.25) is 0 Å². The number of amides is 4. The Labute approximate surface area is 159 Å². The molecule has 0 radical (unpaired) electrons. The van der Waals surface area contributed by atoms with E-state index in [0.29, 0.717) is 38.5 Å². The van der Waals surface area contributed by atoms with Gasteiger partial charge in [-0.2, -0.15) is 0 Å². The van der Waals surface area contributed by atoms with Gasteiger partial charge in [-0.05, 0) is 39.3 Å². The number of aryl methyl sites for hydroxylation is 2. The lowest BCUT2D eigenvalue weighted by Gasteiger charge is -2.36. The Kier molecular flexibility index (Phi) is 7.18. The molecule has 1 unspecified atom stereocenters. The van der Waals surface area contributed by atoms with Crippen LogP contribution in [-0.4, -0.2) is 66.7 Å². The average Bonchev–Trinajstić information content (AvgIpc) is 2.63. The lowest BCUT2D eigenvalue weighted by Crippen LogP contribution is -2.55. The Morgan fingerprint density at radius 1 is 1.15 bits per heavy atom. The van der Waals surface area contributed by atoms with E-state index in [4.69, 9.17) is 4.74 Å². The number of ether oxygens (including phenoxy) is 1. The number of rotatable bonds is 4. The molecule has 1 aliphatic rings. The van der Waals surface area contributed by atoms with Crippen molar-refractivity contribution in [2.24, 2.45) is 0 Å². The number of piperazine rings is 1. The van der Waals surface area contributed by atoms with Crippen molar-refractivity contribution in [3.05, 3.63) is 29.3 Å². The number of nitrogens with zero attached hydrogens (tertiary/aromatic N) is 2. The Balaban J connectivity index is 1.83. The number of carbonyl (C=O) groups excluding carboxylic acids is 3. The summed E-state index contributed by atoms with van der Waals surface area (Å²) in [6.07, 6.45) is -0.331. The first-order valence-corrected chi connectivity index (χ1v) is 9.16. The molecule has 4 amide bonds. The maximum atomic E-state index is 12.4. The molecule has 1 aromatic carbocycles. The van der Waals surface area contributed by atoms with E-state index in [2.05, 4.69) is 10.6 Å². The highest BCUT2D eigenvalue weighted by Crippen LogP contribution is 2.15. The van der Waals surface area contributed by atoms with Gasteiger partial charge in [0.15, 0.2) is 0 Å². The van der Waals surface area contributed by atoms with Crippen molar-refractivity contribution in [3.8, 4) is 0 Å². The number of hydrogen-bond acceptors (Lipinski definition) is 5. The van der Waals surface area contributed by atoms with Crippen LogP contribution in [0.1, 0.15) is 25.0 Å². The first-order chi connectivity index (χ1) is 12.8. The summed E-state index contributed by atoms with van der Waals surface area (Å²) in [7, 11) is 0. The molecule has 1 aliphatic heterocycles. The summed E-state index contributed by atoms with van der Waals surface area (Å²) in [6, 6.07) is 4.65. The van der Waals surface area contributed by atoms with Gasteiger partial charge >= 0.3 is 12.1 Å². The van der Waals surface area contributed by atoms with E-state index >= 15 is 0 Å². The molecule has 0 aromatic heterocycles. The van der Waals surface area contributed by atoms with Gasteiger partial charge in [0.1, 0.15) is 0 Å². The summed E-state index contributed by atoms with van der Waals surface area (Å²) in [5, 5.41) is 5.09. The zero-order chi connectivity index (χ0) is 20.0. The number of nitrogens with one attached hydrogen (secondary N) is 2. The molecule has 148 valence electrons. The summed E-state index contributed by atoms with van der Waals surface area (Å²) < 4.78 is 4.99. The molecule has 0 aliphatic carbocycles. The van der Waals surface area contributed by atoms with Gasteiger partial charge in [-0.25, -0.2) is 9.59 Å². The first-order valence-electron chi connectivity index (χ1n) is 9.16. The molecule has 0 spiro atoms. The third-order valence-electron chi connectivity index (χ3n) is 4.63. The lowest BCUT2D eigenvalue weighted by atomic mass is 10.1. The second-order valence-corrected chi connectivity index (χ2v) is 6.66. The van der Waals surface area contributed by atoms with E-state index in [9.17, 15) is 14.4 Å². The van der Waals surface area contributed by atoms with E-state index in [-0.39, 0.29) is 12.0 Å². The van der Waals surface area contributed by atoms with E-state index in [1.165, 1.54) is 0 Å². The smallest absolute Gasteiger partial charge is 0.409 e. The third kappa shape index (κ3) is 5.68. The van der Waals surface area contributed by atoms with E-state index in [0.717, 1.165) is 11.1 Å². The predicted molar refractivity (Wildman–Crippen MR) is 103 cm³/mol. The van der Waals surface area contributed by atoms with Crippen LogP contribution in [-0.2, 0) is 9.53 Å². The molecule has 1 fully saturated rings. The fourth-order valence-electron chi connectivity index (χ4n) is 3.00. The van der Waals surface area contributed by atoms with E-state index < -0.39 is 12.1 Å². The van der Waals surface area contributed by atoms with Crippen LogP contribution in [0.3, 0.4) is 0 Å². The molecule has 1 atom stereocenters. The van der Waals surface area contributed by atoms with Crippen LogP contribution in [0.25, 0.3) is 0 Å². The van der Waals surface area contributed by atoms with Gasteiger partial charge in [-0.15, -0.1) is 0 Å². The molecule has 2 N–H and O–H groups in total. The van der Waals surface area contributed by atoms with E-state index in [1.54, 1.807) is 18.7 Å². The molecule has 1 aromatic rings. The zero-order valence-corrected chi connectivity index (χ0v) is 16.4. The lowest BCUT2D eigenvalue weighted by molar-refractivity contribution is -0.125. The molecule has 8 nitrogen and oxygen atoms in total. The number of carbonyl (C=O) groups is 3. The molecule has 2 rings (SSSR count). The first kappa shape index (κ1) is 20.7. The number of anilines is 1. The maximum absolute atomic E-state index is 12.4. The minimum Gasteiger partial charge on any atom is -0.450 e. The molecule has 8 heteroatoms. The van der Waals surface area contributed by atoms with Gasteiger partial charge in [0.25, 0.3) is 0 Å². The van der Waals surface area contributed by atoms with Gasteiger partial charge in [-0.3, -0.25) is 15.0 Å². The van der Waals surface area contributed by atoms with Crippen LogP contribution in [0, 0.1) is 13.8 Å². The third-order valence-corrected chi connectivity index (χ3v) is 4.63. The molecule has 0 bridgehead atoms. The van der Waals surface area contributed by atoms with Crippen LogP contribution in [0.15, 0.2) is 18.2 Å². The molecular formula is C19H28N4O4. The fourth-order valence-corrected chi connectivity index (χ4v) is 3.00. The van der Waals surface area contributed by atoms with Crippen molar-refractivity contribution in [1.82, 2.24) is 15.1 Å². The topological polar surface area (TPSA) is 91.0 Å². The summed E-state index contributed by atoms with van der Waals surface area (Å²) in [4.78, 5) is 39.8. The fraction of sp³-hybridized carbons (Fsp3) is 0.526. The predicted octanol–water partition coefficient (Wildman–Crippen LogP) is 2.11. The Bertz CT molecular complexity index is 699. The van der Waals surface area contributed by atoms with Crippen LogP contribution in [0.4, 0.5) is 15.3 Å². The normalized spacial score (nSPS) is 15.8. The second kappa shape index (κ2) is 9.36. The van der Waals surface area contributed by atoms with Crippen LogP contribution >= 0.6 is 0 Å². The standard InChI is InChI=1S/C19H28N4O4/c1-5-27-19(26)23-10-8-22(9-11-23)15(4)17(24)21-18(25)20-16-7-6-13(2)12-14(16)3/h6-7,12,15H,5,8-11H2,1-4H3,(H2,20,21,24,25). The van der Waals surface area contributed by atoms with Gasteiger partial charge in [0, 0.05) is 31.9 Å². The summed E-state index contributed by atoms with van der Waals surface area (Å²) in [6.45, 7) is 9.81.